The van der Waals surface area contributed by atoms with Gasteiger partial charge in [-0.1, -0.05) is 12.8 Å². The molecule has 0 bridgehead atoms. The molecule has 21 heavy (non-hydrogen) atoms. The number of halogens is 3. The summed E-state index contributed by atoms with van der Waals surface area (Å²) in [5.74, 6) is -3.80. The Kier molecular flexibility index (Phi) is 4.83. The number of carbonyl (C=O) groups is 1. The Hall–Kier alpha value is -1.21. The van der Waals surface area contributed by atoms with Gasteiger partial charge in [-0.05, 0) is 30.9 Å². The van der Waals surface area contributed by atoms with Crippen LogP contribution in [0.15, 0.2) is 17.0 Å². The molecule has 2 rings (SSSR count). The van der Waals surface area contributed by atoms with Gasteiger partial charge in [0.1, 0.15) is 0 Å². The van der Waals surface area contributed by atoms with E-state index in [0.29, 0.717) is 12.1 Å². The molecule has 0 unspecified atom stereocenters. The Morgan fingerprint density at radius 1 is 1.29 bits per heavy atom. The van der Waals surface area contributed by atoms with E-state index >= 15 is 0 Å². The molecule has 116 valence electrons. The highest BCUT2D eigenvalue weighted by Gasteiger charge is 2.24. The molecule has 8 heteroatoms. The van der Waals surface area contributed by atoms with Gasteiger partial charge < -0.3 is 4.74 Å². The third-order valence-electron chi connectivity index (χ3n) is 3.43. The topological polar surface area (TPSA) is 60.4 Å². The molecule has 0 radical (unpaired) electrons. The van der Waals surface area contributed by atoms with E-state index in [4.69, 9.17) is 15.4 Å². The van der Waals surface area contributed by atoms with Gasteiger partial charge in [0.15, 0.2) is 11.6 Å². The van der Waals surface area contributed by atoms with Crippen molar-refractivity contribution in [2.45, 2.75) is 30.6 Å². The van der Waals surface area contributed by atoms with Crippen molar-refractivity contribution in [2.24, 2.45) is 5.92 Å². The molecule has 0 N–H and O–H groups in total. The molecule has 0 aliphatic heterocycles. The number of hydrogen-bond donors (Lipinski definition) is 0. The number of esters is 1. The number of hydrogen-bond acceptors (Lipinski definition) is 4. The van der Waals surface area contributed by atoms with Crippen molar-refractivity contribution in [3.63, 3.8) is 0 Å². The van der Waals surface area contributed by atoms with Crippen LogP contribution in [0, 0.1) is 17.6 Å². The predicted octanol–water partition coefficient (Wildman–Crippen LogP) is 3.24. The van der Waals surface area contributed by atoms with Gasteiger partial charge in [-0.15, -0.1) is 0 Å². The summed E-state index contributed by atoms with van der Waals surface area (Å²) >= 11 is 0. The van der Waals surface area contributed by atoms with Crippen LogP contribution in [0.1, 0.15) is 36.0 Å². The van der Waals surface area contributed by atoms with Crippen LogP contribution in [0.3, 0.4) is 0 Å². The second kappa shape index (κ2) is 6.27. The molecule has 4 nitrogen and oxygen atoms in total. The van der Waals surface area contributed by atoms with E-state index in [-0.39, 0.29) is 12.5 Å². The highest BCUT2D eigenvalue weighted by atomic mass is 35.7. The van der Waals surface area contributed by atoms with Crippen molar-refractivity contribution in [1.82, 2.24) is 0 Å². The number of benzene rings is 1. The Bertz CT molecular complexity index is 654. The van der Waals surface area contributed by atoms with Gasteiger partial charge in [-0.3, -0.25) is 0 Å². The summed E-state index contributed by atoms with van der Waals surface area (Å²) in [5.41, 5.74) is -0.771. The fraction of sp³-hybridized carbons (Fsp3) is 0.462. The van der Waals surface area contributed by atoms with Crippen LogP contribution >= 0.6 is 10.7 Å². The van der Waals surface area contributed by atoms with E-state index in [1.807, 2.05) is 0 Å². The Balaban J connectivity index is 2.21. The smallest absolute Gasteiger partial charge is 0.341 e. The monoisotopic (exact) mass is 338 g/mol. The van der Waals surface area contributed by atoms with Gasteiger partial charge in [0.2, 0.25) is 0 Å². The Morgan fingerprint density at radius 3 is 2.48 bits per heavy atom. The van der Waals surface area contributed by atoms with Crippen LogP contribution < -0.4 is 0 Å². The van der Waals surface area contributed by atoms with Crippen LogP contribution in [0.4, 0.5) is 8.78 Å². The van der Waals surface area contributed by atoms with Crippen molar-refractivity contribution in [1.29, 1.82) is 0 Å². The lowest BCUT2D eigenvalue weighted by Gasteiger charge is -2.11. The maximum atomic E-state index is 13.6. The average molecular weight is 339 g/mol. The zero-order chi connectivity index (χ0) is 15.6. The van der Waals surface area contributed by atoms with Crippen molar-refractivity contribution in [2.75, 3.05) is 6.61 Å². The van der Waals surface area contributed by atoms with Gasteiger partial charge in [0, 0.05) is 10.7 Å². The SMILES string of the molecule is O=C(OCC1CCCC1)c1cc(S(=O)(=O)Cl)cc(F)c1F. The minimum Gasteiger partial charge on any atom is -0.462 e. The molecule has 1 aromatic carbocycles. The van der Waals surface area contributed by atoms with Gasteiger partial charge in [-0.25, -0.2) is 22.0 Å². The standard InChI is InChI=1S/C13H13ClF2O4S/c14-21(18,19)9-5-10(12(16)11(15)6-9)13(17)20-7-8-3-1-2-4-8/h5-6,8H,1-4,7H2. The lowest BCUT2D eigenvalue weighted by Crippen LogP contribution is -2.14. The van der Waals surface area contributed by atoms with E-state index < -0.39 is 37.1 Å². The summed E-state index contributed by atoms with van der Waals surface area (Å²) in [6.45, 7) is 0.109. The molecule has 0 atom stereocenters. The van der Waals surface area contributed by atoms with Crippen molar-refractivity contribution < 1.29 is 26.7 Å². The lowest BCUT2D eigenvalue weighted by molar-refractivity contribution is 0.0435. The minimum atomic E-state index is -4.27. The first-order valence-electron chi connectivity index (χ1n) is 6.40. The Morgan fingerprint density at radius 2 is 1.90 bits per heavy atom. The van der Waals surface area contributed by atoms with Gasteiger partial charge in [0.05, 0.1) is 17.1 Å². The first kappa shape index (κ1) is 16.2. The largest absolute Gasteiger partial charge is 0.462 e. The van der Waals surface area contributed by atoms with Crippen LogP contribution in [-0.2, 0) is 13.8 Å². The second-order valence-electron chi connectivity index (χ2n) is 4.95. The predicted molar refractivity (Wildman–Crippen MR) is 71.6 cm³/mol. The summed E-state index contributed by atoms with van der Waals surface area (Å²) in [7, 11) is 0.800. The third-order valence-corrected chi connectivity index (χ3v) is 4.76. The molecule has 0 aromatic heterocycles. The quantitative estimate of drug-likeness (QED) is 0.624. The molecular weight excluding hydrogens is 326 g/mol. The molecule has 0 spiro atoms. The maximum absolute atomic E-state index is 13.6. The van der Waals surface area contributed by atoms with Crippen molar-refractivity contribution in [3.8, 4) is 0 Å². The summed E-state index contributed by atoms with van der Waals surface area (Å²) in [6.07, 6.45) is 3.93. The van der Waals surface area contributed by atoms with Crippen LogP contribution in [-0.4, -0.2) is 21.0 Å². The van der Waals surface area contributed by atoms with E-state index in [0.717, 1.165) is 25.7 Å². The average Bonchev–Trinajstić information content (AvgIpc) is 2.91. The van der Waals surface area contributed by atoms with Gasteiger partial charge in [0.25, 0.3) is 9.05 Å². The Labute approximate surface area is 125 Å². The molecule has 1 saturated carbocycles. The lowest BCUT2D eigenvalue weighted by atomic mass is 10.1. The molecule has 0 amide bonds. The van der Waals surface area contributed by atoms with E-state index in [9.17, 15) is 22.0 Å². The summed E-state index contributed by atoms with van der Waals surface area (Å²) < 4.78 is 54.2. The number of carbonyl (C=O) groups excluding carboxylic acids is 1. The zero-order valence-electron chi connectivity index (χ0n) is 10.9. The molecule has 0 heterocycles. The first-order valence-corrected chi connectivity index (χ1v) is 8.71. The molecule has 0 saturated heterocycles. The normalized spacial score (nSPS) is 16.1. The summed E-state index contributed by atoms with van der Waals surface area (Å²) in [6, 6.07) is 1.10. The third kappa shape index (κ3) is 3.91. The van der Waals surface area contributed by atoms with E-state index in [1.165, 1.54) is 0 Å². The van der Waals surface area contributed by atoms with Crippen LogP contribution in [0.25, 0.3) is 0 Å². The van der Waals surface area contributed by atoms with Crippen molar-refractivity contribution >= 4 is 25.7 Å². The summed E-state index contributed by atoms with van der Waals surface area (Å²) in [4.78, 5) is 11.1. The molecule has 1 fully saturated rings. The molecular formula is C13H13ClF2O4S. The van der Waals surface area contributed by atoms with Gasteiger partial charge in [-0.2, -0.15) is 0 Å². The van der Waals surface area contributed by atoms with E-state index in [2.05, 4.69) is 0 Å². The zero-order valence-corrected chi connectivity index (χ0v) is 12.5. The summed E-state index contributed by atoms with van der Waals surface area (Å²) in [5, 5.41) is 0. The number of ether oxygens (including phenoxy) is 1. The van der Waals surface area contributed by atoms with Crippen LogP contribution in [0.2, 0.25) is 0 Å². The fourth-order valence-electron chi connectivity index (χ4n) is 2.30. The molecule has 1 aliphatic rings. The van der Waals surface area contributed by atoms with Gasteiger partial charge >= 0.3 is 5.97 Å². The van der Waals surface area contributed by atoms with Crippen LogP contribution in [0.5, 0.6) is 0 Å². The minimum absolute atomic E-state index is 0.109. The van der Waals surface area contributed by atoms with Crippen molar-refractivity contribution in [3.05, 3.63) is 29.3 Å². The molecule has 1 aromatic rings. The fourth-order valence-corrected chi connectivity index (χ4v) is 3.07. The highest BCUT2D eigenvalue weighted by Crippen LogP contribution is 2.26. The number of rotatable bonds is 4. The van der Waals surface area contributed by atoms with E-state index in [1.54, 1.807) is 0 Å². The molecule has 1 aliphatic carbocycles. The highest BCUT2D eigenvalue weighted by molar-refractivity contribution is 8.13. The first-order chi connectivity index (χ1) is 9.79. The maximum Gasteiger partial charge on any atom is 0.341 e. The second-order valence-corrected chi connectivity index (χ2v) is 7.52.